The van der Waals surface area contributed by atoms with Crippen molar-refractivity contribution in [2.45, 2.75) is 12.1 Å². The number of rotatable bonds is 7. The predicted octanol–water partition coefficient (Wildman–Crippen LogP) is 3.67. The van der Waals surface area contributed by atoms with Crippen LogP contribution in [0.5, 0.6) is 17.2 Å². The molecule has 2 amide bonds. The van der Waals surface area contributed by atoms with E-state index in [1.807, 2.05) is 30.3 Å². The standard InChI is InChI=1S/C26H23N3O8/c1-34-19-14-21(36-3)20(35-2)13-18(19)23-22-24(37-28(23)16-7-5-4-6-8-16)26(31)27(25(22)30)15-9-11-17(12-10-15)29(32)33/h4-14,22-24H,1-3H3/t22-,23+,24+/m1/s1. The van der Waals surface area contributed by atoms with E-state index < -0.39 is 34.8 Å². The smallest absolute Gasteiger partial charge is 0.269 e. The zero-order chi connectivity index (χ0) is 26.3. The minimum Gasteiger partial charge on any atom is -0.496 e. The van der Waals surface area contributed by atoms with Crippen LogP contribution in [0.15, 0.2) is 66.7 Å². The number of imide groups is 1. The molecule has 0 aliphatic carbocycles. The van der Waals surface area contributed by atoms with E-state index in [2.05, 4.69) is 0 Å². The van der Waals surface area contributed by atoms with Crippen LogP contribution in [-0.2, 0) is 14.4 Å². The highest BCUT2D eigenvalue weighted by molar-refractivity contribution is 6.24. The molecule has 3 aromatic carbocycles. The molecular formula is C26H23N3O8. The van der Waals surface area contributed by atoms with Crippen LogP contribution in [-0.4, -0.2) is 44.2 Å². The Kier molecular flexibility index (Phi) is 6.14. The Morgan fingerprint density at radius 1 is 0.811 bits per heavy atom. The van der Waals surface area contributed by atoms with Gasteiger partial charge in [-0.1, -0.05) is 18.2 Å². The van der Waals surface area contributed by atoms with E-state index in [0.717, 1.165) is 4.90 Å². The van der Waals surface area contributed by atoms with Crippen molar-refractivity contribution in [1.29, 1.82) is 0 Å². The lowest BCUT2D eigenvalue weighted by atomic mass is 9.89. The van der Waals surface area contributed by atoms with Gasteiger partial charge in [-0.25, -0.2) is 9.96 Å². The molecule has 0 bridgehead atoms. The number of hydrogen-bond donors (Lipinski definition) is 0. The summed E-state index contributed by atoms with van der Waals surface area (Å²) in [5, 5.41) is 12.6. The molecule has 11 nitrogen and oxygen atoms in total. The first-order valence-electron chi connectivity index (χ1n) is 11.3. The fourth-order valence-electron chi connectivity index (χ4n) is 4.79. The Bertz CT molecular complexity index is 1360. The van der Waals surface area contributed by atoms with E-state index in [9.17, 15) is 19.7 Å². The Hall–Kier alpha value is -4.64. The summed E-state index contributed by atoms with van der Waals surface area (Å²) in [5.74, 6) is -0.725. The number of carbonyl (C=O) groups excluding carboxylic acids is 2. The summed E-state index contributed by atoms with van der Waals surface area (Å²) >= 11 is 0. The van der Waals surface area contributed by atoms with E-state index in [4.69, 9.17) is 19.0 Å². The van der Waals surface area contributed by atoms with Gasteiger partial charge in [0.1, 0.15) is 17.7 Å². The third-order valence-electron chi connectivity index (χ3n) is 6.50. The number of carbonyl (C=O) groups is 2. The number of hydrogen-bond acceptors (Lipinski definition) is 9. The molecule has 11 heteroatoms. The van der Waals surface area contributed by atoms with Crippen molar-refractivity contribution in [3.63, 3.8) is 0 Å². The Balaban J connectivity index is 1.62. The van der Waals surface area contributed by atoms with Crippen molar-refractivity contribution in [1.82, 2.24) is 0 Å². The van der Waals surface area contributed by atoms with Crippen LogP contribution in [0.2, 0.25) is 0 Å². The van der Waals surface area contributed by atoms with E-state index in [1.165, 1.54) is 45.6 Å². The van der Waals surface area contributed by atoms with Crippen molar-refractivity contribution in [3.05, 3.63) is 82.4 Å². The number of nitro benzene ring substituents is 1. The maximum atomic E-state index is 13.8. The molecule has 0 spiro atoms. The summed E-state index contributed by atoms with van der Waals surface area (Å²) in [6.07, 6.45) is -1.12. The molecule has 3 atom stereocenters. The average molecular weight is 505 g/mol. The molecule has 0 saturated carbocycles. The molecule has 2 aliphatic heterocycles. The minimum absolute atomic E-state index is 0.150. The maximum Gasteiger partial charge on any atom is 0.269 e. The highest BCUT2D eigenvalue weighted by Crippen LogP contribution is 2.51. The van der Waals surface area contributed by atoms with Gasteiger partial charge in [0, 0.05) is 23.8 Å². The van der Waals surface area contributed by atoms with E-state index >= 15 is 0 Å². The molecule has 5 rings (SSSR count). The molecule has 2 fully saturated rings. The third-order valence-corrected chi connectivity index (χ3v) is 6.50. The number of methoxy groups -OCH3 is 3. The van der Waals surface area contributed by atoms with Gasteiger partial charge in [-0.2, -0.15) is 0 Å². The van der Waals surface area contributed by atoms with Crippen molar-refractivity contribution >= 4 is 28.9 Å². The Labute approximate surface area is 211 Å². The molecule has 0 radical (unpaired) electrons. The average Bonchev–Trinajstić information content (AvgIpc) is 3.43. The van der Waals surface area contributed by atoms with Crippen LogP contribution in [0.4, 0.5) is 17.1 Å². The van der Waals surface area contributed by atoms with Crippen LogP contribution in [0.3, 0.4) is 0 Å². The van der Waals surface area contributed by atoms with Crippen molar-refractivity contribution in [3.8, 4) is 17.2 Å². The van der Waals surface area contributed by atoms with Gasteiger partial charge in [-0.15, -0.1) is 0 Å². The monoisotopic (exact) mass is 505 g/mol. The number of non-ortho nitro benzene ring substituents is 1. The molecule has 190 valence electrons. The van der Waals surface area contributed by atoms with Gasteiger partial charge in [-0.3, -0.25) is 24.5 Å². The number of fused-ring (bicyclic) bond motifs is 1. The van der Waals surface area contributed by atoms with Gasteiger partial charge in [0.15, 0.2) is 17.6 Å². The number of nitro groups is 1. The lowest BCUT2D eigenvalue weighted by molar-refractivity contribution is -0.384. The summed E-state index contributed by atoms with van der Waals surface area (Å²) in [5.41, 5.74) is 1.27. The summed E-state index contributed by atoms with van der Waals surface area (Å²) < 4.78 is 16.6. The van der Waals surface area contributed by atoms with Crippen molar-refractivity contribution < 1.29 is 33.6 Å². The summed E-state index contributed by atoms with van der Waals surface area (Å²) in [7, 11) is 4.50. The Morgan fingerprint density at radius 3 is 2.03 bits per heavy atom. The zero-order valence-corrected chi connectivity index (χ0v) is 20.2. The predicted molar refractivity (Wildman–Crippen MR) is 132 cm³/mol. The SMILES string of the molecule is COc1cc(OC)c([C@H]2[C@H]3C(=O)N(c4ccc([N+](=O)[O-])cc4)C(=O)[C@H]3ON2c2ccccc2)cc1OC. The largest absolute Gasteiger partial charge is 0.496 e. The maximum absolute atomic E-state index is 13.8. The van der Waals surface area contributed by atoms with Gasteiger partial charge < -0.3 is 14.2 Å². The minimum atomic E-state index is -1.12. The summed E-state index contributed by atoms with van der Waals surface area (Å²) in [4.78, 5) is 45.0. The second-order valence-electron chi connectivity index (χ2n) is 8.39. The fraction of sp³-hybridized carbons (Fsp3) is 0.231. The lowest BCUT2D eigenvalue weighted by Gasteiger charge is -2.30. The first kappa shape index (κ1) is 24.1. The quantitative estimate of drug-likeness (QED) is 0.269. The number of hydroxylamine groups is 1. The number of para-hydroxylation sites is 1. The summed E-state index contributed by atoms with van der Waals surface area (Å²) in [6.45, 7) is 0. The fourth-order valence-corrected chi connectivity index (χ4v) is 4.79. The number of benzene rings is 3. The second kappa shape index (κ2) is 9.43. The molecule has 2 heterocycles. The first-order chi connectivity index (χ1) is 17.9. The molecule has 3 aromatic rings. The van der Waals surface area contributed by atoms with Gasteiger partial charge in [0.05, 0.1) is 37.6 Å². The van der Waals surface area contributed by atoms with Gasteiger partial charge >= 0.3 is 0 Å². The number of anilines is 2. The topological polar surface area (TPSA) is 121 Å². The lowest BCUT2D eigenvalue weighted by Crippen LogP contribution is -2.37. The molecule has 0 N–H and O–H groups in total. The summed E-state index contributed by atoms with van der Waals surface area (Å²) in [6, 6.07) is 16.9. The molecular weight excluding hydrogens is 482 g/mol. The highest BCUT2D eigenvalue weighted by Gasteiger charge is 2.61. The number of nitrogens with zero attached hydrogens (tertiary/aromatic N) is 3. The van der Waals surface area contributed by atoms with E-state index in [-0.39, 0.29) is 11.4 Å². The van der Waals surface area contributed by atoms with Gasteiger partial charge in [0.25, 0.3) is 11.6 Å². The second-order valence-corrected chi connectivity index (χ2v) is 8.39. The van der Waals surface area contributed by atoms with Crippen molar-refractivity contribution in [2.75, 3.05) is 31.3 Å². The Morgan fingerprint density at radius 2 is 1.43 bits per heavy atom. The van der Waals surface area contributed by atoms with E-state index in [0.29, 0.717) is 28.5 Å². The zero-order valence-electron chi connectivity index (χ0n) is 20.2. The molecule has 0 unspecified atom stereocenters. The van der Waals surface area contributed by atoms with Crippen LogP contribution in [0.25, 0.3) is 0 Å². The highest BCUT2D eigenvalue weighted by atomic mass is 16.7. The van der Waals surface area contributed by atoms with Gasteiger partial charge in [-0.05, 0) is 30.3 Å². The first-order valence-corrected chi connectivity index (χ1v) is 11.3. The van der Waals surface area contributed by atoms with Crippen LogP contribution in [0.1, 0.15) is 11.6 Å². The molecule has 0 aromatic heterocycles. The normalized spacial score (nSPS) is 20.7. The molecule has 2 aliphatic rings. The number of ether oxygens (including phenoxy) is 3. The van der Waals surface area contributed by atoms with E-state index in [1.54, 1.807) is 17.2 Å². The van der Waals surface area contributed by atoms with Crippen molar-refractivity contribution in [2.24, 2.45) is 5.92 Å². The number of amides is 2. The molecule has 2 saturated heterocycles. The van der Waals surface area contributed by atoms with Gasteiger partial charge in [0.2, 0.25) is 5.91 Å². The van der Waals surface area contributed by atoms with Crippen LogP contribution in [0, 0.1) is 16.0 Å². The molecule has 37 heavy (non-hydrogen) atoms. The third kappa shape index (κ3) is 3.89. The van der Waals surface area contributed by atoms with Crippen LogP contribution < -0.4 is 24.2 Å². The van der Waals surface area contributed by atoms with Crippen LogP contribution >= 0.6 is 0 Å².